The number of nitrogens with one attached hydrogen (secondary N) is 1. The van der Waals surface area contributed by atoms with Gasteiger partial charge < -0.3 is 10.2 Å². The number of para-hydroxylation sites is 1. The highest BCUT2D eigenvalue weighted by molar-refractivity contribution is 6.11. The van der Waals surface area contributed by atoms with Crippen LogP contribution in [0.1, 0.15) is 23.2 Å². The van der Waals surface area contributed by atoms with Gasteiger partial charge in [0.15, 0.2) is 0 Å². The molecule has 1 saturated heterocycles. The monoisotopic (exact) mass is 396 g/mol. The predicted octanol–water partition coefficient (Wildman–Crippen LogP) is 3.94. The molecule has 0 bridgehead atoms. The number of rotatable bonds is 4. The number of fused-ring (bicyclic) bond motifs is 1. The Hall–Kier alpha value is -3.87. The summed E-state index contributed by atoms with van der Waals surface area (Å²) in [5, 5.41) is 3.95. The summed E-state index contributed by atoms with van der Waals surface area (Å²) >= 11 is 0. The van der Waals surface area contributed by atoms with E-state index in [2.05, 4.69) is 25.2 Å². The molecule has 1 aliphatic rings. The van der Waals surface area contributed by atoms with Crippen LogP contribution in [0, 0.1) is 0 Å². The van der Waals surface area contributed by atoms with Gasteiger partial charge in [-0.1, -0.05) is 18.2 Å². The van der Waals surface area contributed by atoms with E-state index in [-0.39, 0.29) is 5.91 Å². The zero-order valence-corrected chi connectivity index (χ0v) is 16.3. The first-order valence-corrected chi connectivity index (χ1v) is 9.97. The Labute approximate surface area is 173 Å². The number of anilines is 2. The second kappa shape index (κ2) is 7.87. The molecule has 7 nitrogen and oxygen atoms in total. The Morgan fingerprint density at radius 1 is 0.933 bits per heavy atom. The van der Waals surface area contributed by atoms with Crippen molar-refractivity contribution in [3.05, 3.63) is 72.8 Å². The number of carbonyl (C=O) groups excluding carboxylic acids is 1. The van der Waals surface area contributed by atoms with Gasteiger partial charge in [-0.3, -0.25) is 14.8 Å². The lowest BCUT2D eigenvalue weighted by atomic mass is 10.1. The maximum atomic E-state index is 13.2. The Kier molecular flexibility index (Phi) is 4.77. The zero-order chi connectivity index (χ0) is 20.3. The zero-order valence-electron chi connectivity index (χ0n) is 16.3. The normalized spacial score (nSPS) is 13.5. The Balaban J connectivity index is 1.54. The molecule has 0 atom stereocenters. The molecule has 0 saturated carbocycles. The Morgan fingerprint density at radius 2 is 1.77 bits per heavy atom. The molecule has 1 aliphatic heterocycles. The second-order valence-corrected chi connectivity index (χ2v) is 7.20. The van der Waals surface area contributed by atoms with Gasteiger partial charge in [-0.15, -0.1) is 0 Å². The van der Waals surface area contributed by atoms with Crippen LogP contribution in [0.15, 0.2) is 67.3 Å². The molecule has 0 unspecified atom stereocenters. The van der Waals surface area contributed by atoms with Crippen molar-refractivity contribution in [3.63, 3.8) is 0 Å². The predicted molar refractivity (Wildman–Crippen MR) is 116 cm³/mol. The summed E-state index contributed by atoms with van der Waals surface area (Å²) in [5.41, 5.74) is 3.15. The van der Waals surface area contributed by atoms with Gasteiger partial charge in [-0.2, -0.15) is 0 Å². The fourth-order valence-corrected chi connectivity index (χ4v) is 3.73. The molecule has 1 fully saturated rings. The molecule has 1 N–H and O–H groups in total. The molecule has 3 aromatic heterocycles. The number of aromatic nitrogens is 4. The highest BCUT2D eigenvalue weighted by Crippen LogP contribution is 2.26. The number of benzene rings is 1. The van der Waals surface area contributed by atoms with E-state index in [1.165, 1.54) is 0 Å². The molecule has 0 spiro atoms. The number of carbonyl (C=O) groups is 1. The molecule has 0 aliphatic carbocycles. The van der Waals surface area contributed by atoms with Crippen LogP contribution in [0.2, 0.25) is 0 Å². The van der Waals surface area contributed by atoms with Crippen LogP contribution in [0.25, 0.3) is 22.2 Å². The van der Waals surface area contributed by atoms with Crippen LogP contribution in [-0.4, -0.2) is 38.9 Å². The molecule has 0 radical (unpaired) electrons. The summed E-state index contributed by atoms with van der Waals surface area (Å²) in [5.74, 6) is 0.370. The first kappa shape index (κ1) is 18.2. The van der Waals surface area contributed by atoms with E-state index in [0.717, 1.165) is 42.4 Å². The SMILES string of the molecule is O=C(Nc1cccc2cccnc12)c1cnc(N2CCCC2)nc1-c1cccnc1. The number of hydrogen-bond acceptors (Lipinski definition) is 6. The van der Waals surface area contributed by atoms with E-state index < -0.39 is 0 Å². The highest BCUT2D eigenvalue weighted by Gasteiger charge is 2.21. The van der Waals surface area contributed by atoms with Crippen molar-refractivity contribution in [1.82, 2.24) is 19.9 Å². The Morgan fingerprint density at radius 3 is 2.60 bits per heavy atom. The first-order chi connectivity index (χ1) is 14.8. The van der Waals surface area contributed by atoms with E-state index in [9.17, 15) is 4.79 Å². The van der Waals surface area contributed by atoms with E-state index in [4.69, 9.17) is 4.98 Å². The summed E-state index contributed by atoms with van der Waals surface area (Å²) < 4.78 is 0. The molecule has 1 amide bonds. The van der Waals surface area contributed by atoms with Crippen molar-refractivity contribution in [3.8, 4) is 11.3 Å². The van der Waals surface area contributed by atoms with Gasteiger partial charge in [-0.25, -0.2) is 9.97 Å². The lowest BCUT2D eigenvalue weighted by molar-refractivity contribution is 0.102. The van der Waals surface area contributed by atoms with Gasteiger partial charge >= 0.3 is 0 Å². The van der Waals surface area contributed by atoms with Crippen LogP contribution >= 0.6 is 0 Å². The fourth-order valence-electron chi connectivity index (χ4n) is 3.73. The quantitative estimate of drug-likeness (QED) is 0.563. The molecular weight excluding hydrogens is 376 g/mol. The van der Waals surface area contributed by atoms with Crippen LogP contribution in [0.3, 0.4) is 0 Å². The first-order valence-electron chi connectivity index (χ1n) is 9.97. The largest absolute Gasteiger partial charge is 0.341 e. The van der Waals surface area contributed by atoms with E-state index >= 15 is 0 Å². The van der Waals surface area contributed by atoms with Crippen LogP contribution in [-0.2, 0) is 0 Å². The molecule has 148 valence electrons. The number of pyridine rings is 2. The molecule has 5 rings (SSSR count). The van der Waals surface area contributed by atoms with Crippen molar-refractivity contribution in [2.45, 2.75) is 12.8 Å². The molecule has 4 aromatic rings. The van der Waals surface area contributed by atoms with Gasteiger partial charge in [0.25, 0.3) is 5.91 Å². The van der Waals surface area contributed by atoms with Crippen LogP contribution in [0.5, 0.6) is 0 Å². The van der Waals surface area contributed by atoms with E-state index in [1.54, 1.807) is 24.8 Å². The number of hydrogen-bond donors (Lipinski definition) is 1. The van der Waals surface area contributed by atoms with Gasteiger partial charge in [0.05, 0.1) is 22.5 Å². The fraction of sp³-hybridized carbons (Fsp3) is 0.174. The van der Waals surface area contributed by atoms with Crippen molar-refractivity contribution in [2.75, 3.05) is 23.3 Å². The smallest absolute Gasteiger partial charge is 0.259 e. The molecular formula is C23H20N6O. The lowest BCUT2D eigenvalue weighted by Crippen LogP contribution is -2.22. The average molecular weight is 396 g/mol. The molecule has 4 heterocycles. The minimum Gasteiger partial charge on any atom is -0.341 e. The van der Waals surface area contributed by atoms with Gasteiger partial charge in [0.2, 0.25) is 5.95 Å². The molecule has 1 aromatic carbocycles. The second-order valence-electron chi connectivity index (χ2n) is 7.20. The van der Waals surface area contributed by atoms with Gasteiger partial charge in [0.1, 0.15) is 0 Å². The third-order valence-corrected chi connectivity index (χ3v) is 5.23. The maximum absolute atomic E-state index is 13.2. The van der Waals surface area contributed by atoms with Gasteiger partial charge in [0, 0.05) is 48.8 Å². The van der Waals surface area contributed by atoms with Crippen LogP contribution < -0.4 is 10.2 Å². The lowest BCUT2D eigenvalue weighted by Gasteiger charge is -2.17. The van der Waals surface area contributed by atoms with Crippen molar-refractivity contribution in [2.24, 2.45) is 0 Å². The summed E-state index contributed by atoms with van der Waals surface area (Å²) in [6.07, 6.45) is 8.99. The van der Waals surface area contributed by atoms with Crippen molar-refractivity contribution < 1.29 is 4.79 Å². The molecule has 30 heavy (non-hydrogen) atoms. The summed E-state index contributed by atoms with van der Waals surface area (Å²) in [4.78, 5) is 33.2. The van der Waals surface area contributed by atoms with Crippen molar-refractivity contribution >= 4 is 28.4 Å². The van der Waals surface area contributed by atoms with E-state index in [0.29, 0.717) is 22.9 Å². The number of amides is 1. The van der Waals surface area contributed by atoms with Crippen LogP contribution in [0.4, 0.5) is 11.6 Å². The Bertz CT molecular complexity index is 1200. The summed E-state index contributed by atoms with van der Waals surface area (Å²) in [7, 11) is 0. The summed E-state index contributed by atoms with van der Waals surface area (Å²) in [6.45, 7) is 1.86. The summed E-state index contributed by atoms with van der Waals surface area (Å²) in [6, 6.07) is 13.3. The van der Waals surface area contributed by atoms with Crippen molar-refractivity contribution in [1.29, 1.82) is 0 Å². The number of nitrogens with zero attached hydrogens (tertiary/aromatic N) is 5. The molecule has 7 heteroatoms. The highest BCUT2D eigenvalue weighted by atomic mass is 16.1. The minimum atomic E-state index is -0.278. The third-order valence-electron chi connectivity index (χ3n) is 5.23. The topological polar surface area (TPSA) is 83.9 Å². The minimum absolute atomic E-state index is 0.278. The third kappa shape index (κ3) is 3.45. The maximum Gasteiger partial charge on any atom is 0.259 e. The average Bonchev–Trinajstić information content (AvgIpc) is 3.35. The van der Waals surface area contributed by atoms with Gasteiger partial charge in [-0.05, 0) is 37.1 Å². The van der Waals surface area contributed by atoms with E-state index in [1.807, 2.05) is 42.5 Å². The standard InChI is InChI=1S/C23H20N6O/c30-22(27-19-9-3-6-16-7-5-11-25-21(16)19)18-15-26-23(29-12-1-2-13-29)28-20(18)17-8-4-10-24-14-17/h3-11,14-15H,1-2,12-13H2,(H,27,30).